The van der Waals surface area contributed by atoms with E-state index in [0.29, 0.717) is 5.88 Å². The Kier molecular flexibility index (Phi) is 3.46. The number of rotatable bonds is 2. The fourth-order valence-corrected chi connectivity index (χ4v) is 2.96. The molecular formula is C14H11BrClFN2. The molecule has 3 rings (SSSR count). The average molecular weight is 342 g/mol. The monoisotopic (exact) mass is 340 g/mol. The summed E-state index contributed by atoms with van der Waals surface area (Å²) >= 11 is 9.37. The van der Waals surface area contributed by atoms with Crippen LogP contribution < -0.4 is 4.90 Å². The number of fused-ring (bicyclic) bond motifs is 1. The molecule has 2 aromatic rings. The minimum Gasteiger partial charge on any atom is -0.325 e. The highest BCUT2D eigenvalue weighted by Crippen LogP contribution is 2.36. The molecule has 5 heteroatoms. The first kappa shape index (κ1) is 12.9. The molecule has 2 heterocycles. The van der Waals surface area contributed by atoms with Gasteiger partial charge in [-0.05, 0) is 46.1 Å². The fraction of sp³-hybridized carbons (Fsp3) is 0.214. The third kappa shape index (κ3) is 2.35. The van der Waals surface area contributed by atoms with Gasteiger partial charge in [0.1, 0.15) is 11.6 Å². The quantitative estimate of drug-likeness (QED) is 0.752. The van der Waals surface area contributed by atoms with Crippen LogP contribution in [0.3, 0.4) is 0 Å². The summed E-state index contributed by atoms with van der Waals surface area (Å²) in [7, 11) is 0. The molecule has 0 aliphatic carbocycles. The van der Waals surface area contributed by atoms with E-state index in [4.69, 9.17) is 11.6 Å². The summed E-state index contributed by atoms with van der Waals surface area (Å²) in [5, 5.41) is 0. The lowest BCUT2D eigenvalue weighted by Crippen LogP contribution is -2.16. The summed E-state index contributed by atoms with van der Waals surface area (Å²) in [5.74, 6) is 0.959. The molecule has 0 fully saturated rings. The summed E-state index contributed by atoms with van der Waals surface area (Å²) in [6.07, 6.45) is 2.64. The van der Waals surface area contributed by atoms with Gasteiger partial charge in [-0.15, -0.1) is 11.6 Å². The Morgan fingerprint density at radius 1 is 1.37 bits per heavy atom. The molecule has 0 bridgehead atoms. The van der Waals surface area contributed by atoms with Gasteiger partial charge in [-0.25, -0.2) is 9.37 Å². The van der Waals surface area contributed by atoms with Crippen molar-refractivity contribution in [2.45, 2.75) is 12.3 Å². The molecular weight excluding hydrogens is 331 g/mol. The molecule has 2 nitrogen and oxygen atoms in total. The Hall–Kier alpha value is -1.13. The van der Waals surface area contributed by atoms with Gasteiger partial charge >= 0.3 is 0 Å². The van der Waals surface area contributed by atoms with Crippen molar-refractivity contribution in [3.05, 3.63) is 51.9 Å². The van der Waals surface area contributed by atoms with Gasteiger partial charge in [0.25, 0.3) is 0 Å². The topological polar surface area (TPSA) is 16.1 Å². The number of aromatic nitrogens is 1. The maximum absolute atomic E-state index is 13.4. The average Bonchev–Trinajstić information content (AvgIpc) is 2.81. The fourth-order valence-electron chi connectivity index (χ4n) is 2.39. The van der Waals surface area contributed by atoms with Crippen molar-refractivity contribution in [2.75, 3.05) is 11.4 Å². The van der Waals surface area contributed by atoms with Gasteiger partial charge in [0, 0.05) is 28.5 Å². The van der Waals surface area contributed by atoms with Gasteiger partial charge < -0.3 is 4.90 Å². The van der Waals surface area contributed by atoms with Crippen LogP contribution in [-0.4, -0.2) is 11.5 Å². The SMILES string of the molecule is Fc1ccc2c(c1)N(c1ncc(Br)cc1CCl)CC2. The maximum Gasteiger partial charge on any atom is 0.137 e. The summed E-state index contributed by atoms with van der Waals surface area (Å²) in [5.41, 5.74) is 2.97. The summed E-state index contributed by atoms with van der Waals surface area (Å²) in [6.45, 7) is 0.803. The molecule has 0 amide bonds. The van der Waals surface area contributed by atoms with Gasteiger partial charge in [0.05, 0.1) is 5.88 Å². The highest BCUT2D eigenvalue weighted by Gasteiger charge is 2.23. The Morgan fingerprint density at radius 3 is 3.00 bits per heavy atom. The highest BCUT2D eigenvalue weighted by molar-refractivity contribution is 9.10. The number of benzene rings is 1. The van der Waals surface area contributed by atoms with Gasteiger partial charge in [0.15, 0.2) is 0 Å². The standard InChI is InChI=1S/C14H11BrClFN2/c15-11-5-10(7-16)14(18-8-11)19-4-3-9-1-2-12(17)6-13(9)19/h1-2,5-6,8H,3-4,7H2. The van der Waals surface area contributed by atoms with Gasteiger partial charge in [-0.2, -0.15) is 0 Å². The van der Waals surface area contributed by atoms with E-state index >= 15 is 0 Å². The van der Waals surface area contributed by atoms with Crippen molar-refractivity contribution >= 4 is 39.0 Å². The molecule has 0 radical (unpaired) electrons. The van der Waals surface area contributed by atoms with Crippen molar-refractivity contribution < 1.29 is 4.39 Å². The zero-order chi connectivity index (χ0) is 13.4. The van der Waals surface area contributed by atoms with Crippen molar-refractivity contribution in [2.24, 2.45) is 0 Å². The predicted molar refractivity (Wildman–Crippen MR) is 78.6 cm³/mol. The molecule has 19 heavy (non-hydrogen) atoms. The van der Waals surface area contributed by atoms with Gasteiger partial charge in [0.2, 0.25) is 0 Å². The Balaban J connectivity index is 2.08. The third-order valence-electron chi connectivity index (χ3n) is 3.25. The third-order valence-corrected chi connectivity index (χ3v) is 3.97. The summed E-state index contributed by atoms with van der Waals surface area (Å²) < 4.78 is 14.3. The van der Waals surface area contributed by atoms with Gasteiger partial charge in [-0.3, -0.25) is 0 Å². The lowest BCUT2D eigenvalue weighted by atomic mass is 10.1. The van der Waals surface area contributed by atoms with Crippen molar-refractivity contribution in [3.63, 3.8) is 0 Å². The van der Waals surface area contributed by atoms with Crippen molar-refractivity contribution in [3.8, 4) is 0 Å². The number of anilines is 2. The minimum absolute atomic E-state index is 0.227. The second-order valence-corrected chi connectivity index (χ2v) is 5.63. The first-order chi connectivity index (χ1) is 9.19. The zero-order valence-electron chi connectivity index (χ0n) is 10.0. The van der Waals surface area contributed by atoms with E-state index in [-0.39, 0.29) is 5.82 Å². The first-order valence-electron chi connectivity index (χ1n) is 5.95. The molecule has 0 N–H and O–H groups in total. The molecule has 1 aliphatic rings. The van der Waals surface area contributed by atoms with Crippen LogP contribution >= 0.6 is 27.5 Å². The zero-order valence-corrected chi connectivity index (χ0v) is 12.4. The van der Waals surface area contributed by atoms with Crippen LogP contribution in [0.5, 0.6) is 0 Å². The van der Waals surface area contributed by atoms with Crippen LogP contribution in [-0.2, 0) is 12.3 Å². The lowest BCUT2D eigenvalue weighted by Gasteiger charge is -2.21. The number of hydrogen-bond donors (Lipinski definition) is 0. The summed E-state index contributed by atoms with van der Waals surface area (Å²) in [6, 6.07) is 6.85. The van der Waals surface area contributed by atoms with Crippen LogP contribution in [0.1, 0.15) is 11.1 Å². The maximum atomic E-state index is 13.4. The van der Waals surface area contributed by atoms with Gasteiger partial charge in [-0.1, -0.05) is 6.07 Å². The lowest BCUT2D eigenvalue weighted by molar-refractivity contribution is 0.628. The van der Waals surface area contributed by atoms with Crippen molar-refractivity contribution in [1.82, 2.24) is 4.98 Å². The minimum atomic E-state index is -0.227. The molecule has 0 spiro atoms. The van der Waals surface area contributed by atoms with E-state index in [2.05, 4.69) is 20.9 Å². The molecule has 98 valence electrons. The smallest absolute Gasteiger partial charge is 0.137 e. The Bertz CT molecular complexity index is 633. The van der Waals surface area contributed by atoms with Crippen molar-refractivity contribution in [1.29, 1.82) is 0 Å². The number of hydrogen-bond acceptors (Lipinski definition) is 2. The van der Waals surface area contributed by atoms with E-state index in [1.165, 1.54) is 6.07 Å². The first-order valence-corrected chi connectivity index (χ1v) is 7.28. The highest BCUT2D eigenvalue weighted by atomic mass is 79.9. The van der Waals surface area contributed by atoms with E-state index < -0.39 is 0 Å². The van der Waals surface area contributed by atoms with Crippen LogP contribution in [0, 0.1) is 5.82 Å². The predicted octanol–water partition coefficient (Wildman–Crippen LogP) is 4.42. The summed E-state index contributed by atoms with van der Waals surface area (Å²) in [4.78, 5) is 6.46. The number of alkyl halides is 1. The normalized spacial score (nSPS) is 13.7. The second kappa shape index (κ2) is 5.10. The molecule has 0 saturated heterocycles. The van der Waals surface area contributed by atoms with Crippen LogP contribution in [0.25, 0.3) is 0 Å². The Morgan fingerprint density at radius 2 is 2.21 bits per heavy atom. The van der Waals surface area contributed by atoms with E-state index in [1.54, 1.807) is 12.3 Å². The Labute approximate surface area is 124 Å². The number of nitrogens with zero attached hydrogens (tertiary/aromatic N) is 2. The van der Waals surface area contributed by atoms with Crippen LogP contribution in [0.2, 0.25) is 0 Å². The van der Waals surface area contributed by atoms with Crippen LogP contribution in [0.4, 0.5) is 15.9 Å². The van der Waals surface area contributed by atoms with E-state index in [9.17, 15) is 4.39 Å². The largest absolute Gasteiger partial charge is 0.325 e. The second-order valence-electron chi connectivity index (χ2n) is 4.44. The molecule has 1 aromatic heterocycles. The van der Waals surface area contributed by atoms with Crippen LogP contribution in [0.15, 0.2) is 34.9 Å². The molecule has 0 unspecified atom stereocenters. The number of pyridine rings is 1. The van der Waals surface area contributed by atoms with E-state index in [1.807, 2.05) is 17.0 Å². The number of halogens is 3. The molecule has 1 aromatic carbocycles. The van der Waals surface area contributed by atoms with E-state index in [0.717, 1.165) is 40.1 Å². The molecule has 1 aliphatic heterocycles. The molecule has 0 saturated carbocycles. The molecule has 0 atom stereocenters.